The Balaban J connectivity index is 0. The van der Waals surface area contributed by atoms with Gasteiger partial charge in [0, 0.05) is 12.2 Å². The quantitative estimate of drug-likeness (QED) is 0.746. The van der Waals surface area contributed by atoms with E-state index in [2.05, 4.69) is 43.4 Å². The number of rotatable bonds is 4. The molecule has 94 valence electrons. The van der Waals surface area contributed by atoms with Crippen molar-refractivity contribution >= 4 is 5.69 Å². The molecule has 0 spiro atoms. The first kappa shape index (κ1) is 17.4. The van der Waals surface area contributed by atoms with Gasteiger partial charge >= 0.3 is 0 Å². The summed E-state index contributed by atoms with van der Waals surface area (Å²) in [7, 11) is 0. The zero-order chi connectivity index (χ0) is 12.8. The van der Waals surface area contributed by atoms with Gasteiger partial charge in [-0.05, 0) is 25.0 Å². The molecular weight excluding hydrogens is 194 g/mol. The van der Waals surface area contributed by atoms with E-state index in [9.17, 15) is 0 Å². The summed E-state index contributed by atoms with van der Waals surface area (Å²) in [6.07, 6.45) is 2.38. The zero-order valence-corrected chi connectivity index (χ0v) is 11.9. The van der Waals surface area contributed by atoms with Crippen molar-refractivity contribution in [3.63, 3.8) is 0 Å². The molecule has 0 aromatic heterocycles. The van der Waals surface area contributed by atoms with Gasteiger partial charge in [0.15, 0.2) is 0 Å². The van der Waals surface area contributed by atoms with Crippen LogP contribution >= 0.6 is 0 Å². The van der Waals surface area contributed by atoms with Crippen LogP contribution in [0.4, 0.5) is 5.69 Å². The Hall–Kier alpha value is -0.980. The van der Waals surface area contributed by atoms with Crippen molar-refractivity contribution in [3.8, 4) is 0 Å². The molecule has 1 aromatic carbocycles. The van der Waals surface area contributed by atoms with E-state index < -0.39 is 0 Å². The second kappa shape index (κ2) is 14.0. The summed E-state index contributed by atoms with van der Waals surface area (Å²) in [6.45, 7) is 13.3. The summed E-state index contributed by atoms with van der Waals surface area (Å²) in [5.41, 5.74) is 2.73. The standard InChI is InChI=1S/C11H17N.2C2H6/c1-3-7-10-8-5-6-9-11(10)12-4-2;2*1-2/h5-6,8-9,12H,3-4,7H2,1-2H3;2*1-2H3. The third-order valence-electron chi connectivity index (χ3n) is 1.90. The molecule has 0 fully saturated rings. The summed E-state index contributed by atoms with van der Waals surface area (Å²) in [6, 6.07) is 8.53. The van der Waals surface area contributed by atoms with Crippen molar-refractivity contribution in [2.45, 2.75) is 54.4 Å². The first-order valence-electron chi connectivity index (χ1n) is 6.70. The molecule has 1 rings (SSSR count). The molecule has 0 saturated heterocycles. The Bertz CT molecular complexity index is 206. The minimum atomic E-state index is 1.00. The van der Waals surface area contributed by atoms with Gasteiger partial charge in [-0.25, -0.2) is 0 Å². The van der Waals surface area contributed by atoms with E-state index >= 15 is 0 Å². The van der Waals surface area contributed by atoms with Gasteiger partial charge in [-0.15, -0.1) is 0 Å². The minimum Gasteiger partial charge on any atom is -0.385 e. The number of benzene rings is 1. The summed E-state index contributed by atoms with van der Waals surface area (Å²) in [5.74, 6) is 0. The van der Waals surface area contributed by atoms with Crippen LogP contribution in [0, 0.1) is 0 Å². The Morgan fingerprint density at radius 3 is 2.00 bits per heavy atom. The molecule has 0 aliphatic rings. The van der Waals surface area contributed by atoms with Gasteiger partial charge in [-0.2, -0.15) is 0 Å². The van der Waals surface area contributed by atoms with Crippen molar-refractivity contribution in [1.29, 1.82) is 0 Å². The Morgan fingerprint density at radius 2 is 1.50 bits per heavy atom. The van der Waals surface area contributed by atoms with Crippen molar-refractivity contribution in [3.05, 3.63) is 29.8 Å². The van der Waals surface area contributed by atoms with E-state index in [4.69, 9.17) is 0 Å². The molecule has 1 N–H and O–H groups in total. The highest BCUT2D eigenvalue weighted by molar-refractivity contribution is 5.50. The number of hydrogen-bond donors (Lipinski definition) is 1. The maximum atomic E-state index is 3.36. The largest absolute Gasteiger partial charge is 0.385 e. The van der Waals surface area contributed by atoms with E-state index in [1.807, 2.05) is 27.7 Å². The van der Waals surface area contributed by atoms with Crippen LogP contribution in [0.1, 0.15) is 53.5 Å². The average molecular weight is 223 g/mol. The molecule has 0 saturated carbocycles. The Kier molecular flexibility index (Phi) is 15.3. The zero-order valence-electron chi connectivity index (χ0n) is 11.9. The van der Waals surface area contributed by atoms with Crippen molar-refractivity contribution < 1.29 is 0 Å². The Morgan fingerprint density at radius 1 is 0.938 bits per heavy atom. The summed E-state index contributed by atoms with van der Waals surface area (Å²) in [4.78, 5) is 0. The fourth-order valence-electron chi connectivity index (χ4n) is 1.37. The lowest BCUT2D eigenvalue weighted by Gasteiger charge is -2.08. The van der Waals surface area contributed by atoms with E-state index in [1.165, 1.54) is 24.1 Å². The second-order valence-corrected chi connectivity index (χ2v) is 2.94. The molecule has 1 nitrogen and oxygen atoms in total. The maximum absolute atomic E-state index is 3.36. The van der Waals surface area contributed by atoms with Crippen LogP contribution in [-0.2, 0) is 6.42 Å². The SMILES string of the molecule is CC.CC.CCCc1ccccc1NCC. The van der Waals surface area contributed by atoms with Crippen LogP contribution in [0.25, 0.3) is 0 Å². The molecule has 0 aliphatic heterocycles. The lowest BCUT2D eigenvalue weighted by molar-refractivity contribution is 0.921. The second-order valence-electron chi connectivity index (χ2n) is 2.94. The van der Waals surface area contributed by atoms with E-state index in [0.29, 0.717) is 0 Å². The van der Waals surface area contributed by atoms with Crippen LogP contribution in [0.15, 0.2) is 24.3 Å². The van der Waals surface area contributed by atoms with Crippen LogP contribution in [0.2, 0.25) is 0 Å². The third-order valence-corrected chi connectivity index (χ3v) is 1.90. The molecular formula is C15H29N. The summed E-state index contributed by atoms with van der Waals surface area (Å²) in [5, 5.41) is 3.36. The number of para-hydroxylation sites is 1. The summed E-state index contributed by atoms with van der Waals surface area (Å²) >= 11 is 0. The van der Waals surface area contributed by atoms with Crippen molar-refractivity contribution in [2.24, 2.45) is 0 Å². The smallest absolute Gasteiger partial charge is 0.0372 e. The summed E-state index contributed by atoms with van der Waals surface area (Å²) < 4.78 is 0. The predicted octanol–water partition coefficient (Wildman–Crippen LogP) is 5.12. The predicted molar refractivity (Wildman–Crippen MR) is 77.3 cm³/mol. The molecule has 0 atom stereocenters. The monoisotopic (exact) mass is 223 g/mol. The molecule has 0 aliphatic carbocycles. The lowest BCUT2D eigenvalue weighted by atomic mass is 10.1. The number of nitrogens with one attached hydrogen (secondary N) is 1. The molecule has 1 heteroatoms. The fourth-order valence-corrected chi connectivity index (χ4v) is 1.37. The Labute approximate surface area is 102 Å². The van der Waals surface area contributed by atoms with Crippen LogP contribution in [0.5, 0.6) is 0 Å². The molecule has 0 heterocycles. The van der Waals surface area contributed by atoms with E-state index in [-0.39, 0.29) is 0 Å². The van der Waals surface area contributed by atoms with Gasteiger partial charge in [0.2, 0.25) is 0 Å². The number of aryl methyl sites for hydroxylation is 1. The first-order valence-corrected chi connectivity index (χ1v) is 6.70. The number of anilines is 1. The van der Waals surface area contributed by atoms with Crippen LogP contribution in [-0.4, -0.2) is 6.54 Å². The van der Waals surface area contributed by atoms with E-state index in [1.54, 1.807) is 0 Å². The topological polar surface area (TPSA) is 12.0 Å². The van der Waals surface area contributed by atoms with Crippen molar-refractivity contribution in [1.82, 2.24) is 0 Å². The third kappa shape index (κ3) is 7.33. The maximum Gasteiger partial charge on any atom is 0.0372 e. The van der Waals surface area contributed by atoms with E-state index in [0.717, 1.165) is 6.54 Å². The minimum absolute atomic E-state index is 1.00. The van der Waals surface area contributed by atoms with Gasteiger partial charge in [0.05, 0.1) is 0 Å². The van der Waals surface area contributed by atoms with Gasteiger partial charge in [-0.3, -0.25) is 0 Å². The fraction of sp³-hybridized carbons (Fsp3) is 0.600. The molecule has 0 amide bonds. The molecule has 1 aromatic rings. The van der Waals surface area contributed by atoms with Crippen LogP contribution < -0.4 is 5.32 Å². The van der Waals surface area contributed by atoms with Crippen molar-refractivity contribution in [2.75, 3.05) is 11.9 Å². The highest BCUT2D eigenvalue weighted by atomic mass is 14.9. The van der Waals surface area contributed by atoms with Gasteiger partial charge in [0.1, 0.15) is 0 Å². The normalized spacial score (nSPS) is 8.12. The molecule has 0 bridgehead atoms. The first-order chi connectivity index (χ1) is 7.88. The van der Waals surface area contributed by atoms with Gasteiger partial charge < -0.3 is 5.32 Å². The van der Waals surface area contributed by atoms with Gasteiger partial charge in [-0.1, -0.05) is 59.2 Å². The molecule has 0 unspecified atom stereocenters. The van der Waals surface area contributed by atoms with Crippen LogP contribution in [0.3, 0.4) is 0 Å². The average Bonchev–Trinajstić information content (AvgIpc) is 2.37. The molecule has 16 heavy (non-hydrogen) atoms. The molecule has 0 radical (unpaired) electrons. The van der Waals surface area contributed by atoms with Gasteiger partial charge in [0.25, 0.3) is 0 Å². The number of hydrogen-bond acceptors (Lipinski definition) is 1. The highest BCUT2D eigenvalue weighted by Gasteiger charge is 1.97. The highest BCUT2D eigenvalue weighted by Crippen LogP contribution is 2.15. The lowest BCUT2D eigenvalue weighted by Crippen LogP contribution is -2.00.